The molecule has 18 heavy (non-hydrogen) atoms. The summed E-state index contributed by atoms with van der Waals surface area (Å²) in [5.41, 5.74) is 6.89. The molecular weight excluding hydrogens is 322 g/mol. The number of benzene rings is 1. The van der Waals surface area contributed by atoms with Gasteiger partial charge >= 0.3 is 0 Å². The quantitative estimate of drug-likeness (QED) is 0.870. The Hall–Kier alpha value is -1.33. The van der Waals surface area contributed by atoms with Crippen LogP contribution in [0.5, 0.6) is 5.75 Å². The summed E-state index contributed by atoms with van der Waals surface area (Å²) in [4.78, 5) is 4.08. The van der Waals surface area contributed by atoms with Crippen molar-refractivity contribution in [1.29, 1.82) is 0 Å². The number of anilines is 1. The van der Waals surface area contributed by atoms with Crippen LogP contribution in [0.1, 0.15) is 5.69 Å². The molecule has 2 N–H and O–H groups in total. The number of halogens is 3. The van der Waals surface area contributed by atoms with E-state index in [0.29, 0.717) is 21.6 Å². The lowest BCUT2D eigenvalue weighted by atomic mass is 10.3. The lowest BCUT2D eigenvalue weighted by molar-refractivity contribution is 0.298. The van der Waals surface area contributed by atoms with Gasteiger partial charge in [-0.1, -0.05) is 11.6 Å². The molecule has 0 spiro atoms. The average Bonchev–Trinajstić information content (AvgIpc) is 2.32. The van der Waals surface area contributed by atoms with Crippen molar-refractivity contribution in [2.24, 2.45) is 0 Å². The van der Waals surface area contributed by atoms with Gasteiger partial charge in [-0.2, -0.15) is 0 Å². The molecule has 2 rings (SSSR count). The molecule has 6 heteroatoms. The van der Waals surface area contributed by atoms with E-state index in [9.17, 15) is 4.39 Å². The Morgan fingerprint density at radius 1 is 1.39 bits per heavy atom. The van der Waals surface area contributed by atoms with Crippen molar-refractivity contribution in [3.8, 4) is 5.75 Å². The van der Waals surface area contributed by atoms with E-state index in [4.69, 9.17) is 22.1 Å². The number of rotatable bonds is 3. The molecule has 0 saturated carbocycles. The molecule has 3 nitrogen and oxygen atoms in total. The molecule has 2 aromatic rings. The van der Waals surface area contributed by atoms with E-state index >= 15 is 0 Å². The Labute approximate surface area is 117 Å². The molecule has 0 bridgehead atoms. The third kappa shape index (κ3) is 3.11. The Morgan fingerprint density at radius 2 is 2.17 bits per heavy atom. The molecule has 1 heterocycles. The van der Waals surface area contributed by atoms with Crippen LogP contribution in [0.25, 0.3) is 0 Å². The Kier molecular flexibility index (Phi) is 4.04. The van der Waals surface area contributed by atoms with E-state index < -0.39 is 5.82 Å². The third-order valence-corrected chi connectivity index (χ3v) is 3.10. The van der Waals surface area contributed by atoms with Crippen LogP contribution in [0, 0.1) is 5.82 Å². The van der Waals surface area contributed by atoms with Crippen molar-refractivity contribution in [2.45, 2.75) is 6.61 Å². The van der Waals surface area contributed by atoms with Crippen molar-refractivity contribution in [1.82, 2.24) is 4.98 Å². The number of pyridine rings is 1. The predicted molar refractivity (Wildman–Crippen MR) is 72.1 cm³/mol. The summed E-state index contributed by atoms with van der Waals surface area (Å²) in [6, 6.07) is 6.04. The van der Waals surface area contributed by atoms with Crippen LogP contribution in [-0.4, -0.2) is 4.98 Å². The molecule has 0 aliphatic carbocycles. The first-order chi connectivity index (χ1) is 8.56. The zero-order valence-electron chi connectivity index (χ0n) is 9.16. The van der Waals surface area contributed by atoms with Crippen molar-refractivity contribution < 1.29 is 9.13 Å². The Bertz CT molecular complexity index is 580. The minimum Gasteiger partial charge on any atom is -0.486 e. The number of aromatic nitrogens is 1. The first kappa shape index (κ1) is 13.1. The fourth-order valence-corrected chi connectivity index (χ4v) is 2.10. The molecule has 1 aromatic heterocycles. The van der Waals surface area contributed by atoms with Crippen LogP contribution in [-0.2, 0) is 6.61 Å². The number of nitrogens with zero attached hydrogens (tertiary/aromatic N) is 1. The van der Waals surface area contributed by atoms with E-state index in [1.54, 1.807) is 18.3 Å². The van der Waals surface area contributed by atoms with Crippen molar-refractivity contribution in [3.63, 3.8) is 0 Å². The highest BCUT2D eigenvalue weighted by Gasteiger charge is 2.08. The Balaban J connectivity index is 2.13. The molecule has 1 aromatic carbocycles. The molecule has 0 radical (unpaired) electrons. The van der Waals surface area contributed by atoms with Crippen LogP contribution in [0.3, 0.4) is 0 Å². The second-order valence-electron chi connectivity index (χ2n) is 3.57. The number of ether oxygens (including phenoxy) is 1. The fourth-order valence-electron chi connectivity index (χ4n) is 1.34. The number of nitrogens with two attached hydrogens (primary N) is 1. The van der Waals surface area contributed by atoms with Gasteiger partial charge in [-0.25, -0.2) is 4.39 Å². The third-order valence-electron chi connectivity index (χ3n) is 2.19. The van der Waals surface area contributed by atoms with E-state index in [1.165, 1.54) is 12.1 Å². The summed E-state index contributed by atoms with van der Waals surface area (Å²) in [6.45, 7) is 0.199. The lowest BCUT2D eigenvalue weighted by Gasteiger charge is -2.09. The fraction of sp³-hybridized carbons (Fsp3) is 0.0833. The maximum Gasteiger partial charge on any atom is 0.145 e. The first-order valence-electron chi connectivity index (χ1n) is 5.04. The van der Waals surface area contributed by atoms with E-state index in [0.717, 1.165) is 0 Å². The Morgan fingerprint density at radius 3 is 2.89 bits per heavy atom. The maximum atomic E-state index is 13.3. The lowest BCUT2D eigenvalue weighted by Crippen LogP contribution is -2.00. The van der Waals surface area contributed by atoms with Crippen molar-refractivity contribution >= 4 is 33.2 Å². The summed E-state index contributed by atoms with van der Waals surface area (Å²) in [5.74, 6) is -0.170. The second kappa shape index (κ2) is 5.54. The van der Waals surface area contributed by atoms with Gasteiger partial charge in [0.15, 0.2) is 0 Å². The SMILES string of the molecule is Nc1ccnc(COc2cc(F)c(Cl)cc2Br)c1. The summed E-state index contributed by atoms with van der Waals surface area (Å²) in [7, 11) is 0. The second-order valence-corrected chi connectivity index (χ2v) is 4.83. The van der Waals surface area contributed by atoms with Gasteiger partial charge in [-0.3, -0.25) is 4.98 Å². The van der Waals surface area contributed by atoms with Gasteiger partial charge in [0.25, 0.3) is 0 Å². The largest absolute Gasteiger partial charge is 0.486 e. The monoisotopic (exact) mass is 330 g/mol. The highest BCUT2D eigenvalue weighted by Crippen LogP contribution is 2.30. The molecule has 0 fully saturated rings. The van der Waals surface area contributed by atoms with Gasteiger partial charge in [0.2, 0.25) is 0 Å². The zero-order chi connectivity index (χ0) is 13.1. The van der Waals surface area contributed by atoms with Gasteiger partial charge in [0.05, 0.1) is 15.2 Å². The van der Waals surface area contributed by atoms with Crippen LogP contribution >= 0.6 is 27.5 Å². The van der Waals surface area contributed by atoms with Gasteiger partial charge in [-0.05, 0) is 34.1 Å². The van der Waals surface area contributed by atoms with Crippen LogP contribution in [0.4, 0.5) is 10.1 Å². The van der Waals surface area contributed by atoms with Gasteiger partial charge in [0.1, 0.15) is 18.2 Å². The first-order valence-corrected chi connectivity index (χ1v) is 6.21. The summed E-state index contributed by atoms with van der Waals surface area (Å²) >= 11 is 8.88. The topological polar surface area (TPSA) is 48.1 Å². The normalized spacial score (nSPS) is 10.4. The van der Waals surface area contributed by atoms with Crippen molar-refractivity contribution in [2.75, 3.05) is 5.73 Å². The van der Waals surface area contributed by atoms with Crippen LogP contribution in [0.15, 0.2) is 34.9 Å². The zero-order valence-corrected chi connectivity index (χ0v) is 11.5. The van der Waals surface area contributed by atoms with Gasteiger partial charge < -0.3 is 10.5 Å². The molecule has 94 valence electrons. The highest BCUT2D eigenvalue weighted by atomic mass is 79.9. The number of nitrogen functional groups attached to an aromatic ring is 1. The van der Waals surface area contributed by atoms with Gasteiger partial charge in [0, 0.05) is 18.0 Å². The summed E-state index contributed by atoms with van der Waals surface area (Å²) in [5, 5.41) is 0.0382. The van der Waals surface area contributed by atoms with E-state index in [2.05, 4.69) is 20.9 Å². The molecule has 0 saturated heterocycles. The standard InChI is InChI=1S/C12H9BrClFN2O/c13-9-4-10(14)11(15)5-12(9)18-6-8-3-7(16)1-2-17-8/h1-5H,6H2,(H2,16,17). The molecule has 0 unspecified atom stereocenters. The number of hydrogen-bond donors (Lipinski definition) is 1. The van der Waals surface area contributed by atoms with Crippen LogP contribution in [0.2, 0.25) is 5.02 Å². The molecule has 0 amide bonds. The van der Waals surface area contributed by atoms with Crippen molar-refractivity contribution in [3.05, 3.63) is 51.5 Å². The van der Waals surface area contributed by atoms with Crippen LogP contribution < -0.4 is 10.5 Å². The van der Waals surface area contributed by atoms with E-state index in [-0.39, 0.29) is 11.6 Å². The maximum absolute atomic E-state index is 13.3. The minimum absolute atomic E-state index is 0.0382. The molecular formula is C12H9BrClFN2O. The molecule has 0 aliphatic rings. The predicted octanol–water partition coefficient (Wildman–Crippen LogP) is 3.80. The highest BCUT2D eigenvalue weighted by molar-refractivity contribution is 9.10. The summed E-state index contributed by atoms with van der Waals surface area (Å²) in [6.07, 6.45) is 1.59. The minimum atomic E-state index is -0.532. The molecule has 0 aliphatic heterocycles. The van der Waals surface area contributed by atoms with Gasteiger partial charge in [-0.15, -0.1) is 0 Å². The van der Waals surface area contributed by atoms with E-state index in [1.807, 2.05) is 0 Å². The smallest absolute Gasteiger partial charge is 0.145 e. The molecule has 0 atom stereocenters. The summed E-state index contributed by atoms with van der Waals surface area (Å²) < 4.78 is 19.3. The average molecular weight is 332 g/mol. The number of hydrogen-bond acceptors (Lipinski definition) is 3.